The van der Waals surface area contributed by atoms with Crippen LogP contribution in [0.1, 0.15) is 6.42 Å². The molecule has 1 aliphatic heterocycles. The Morgan fingerprint density at radius 1 is 1.57 bits per heavy atom. The van der Waals surface area contributed by atoms with Gasteiger partial charge in [-0.3, -0.25) is 9.59 Å². The molecular weight excluding hydrogens is 186 g/mol. The largest absolute Gasteiger partial charge is 0.391 e. The summed E-state index contributed by atoms with van der Waals surface area (Å²) >= 11 is 0. The van der Waals surface area contributed by atoms with E-state index in [1.807, 2.05) is 0 Å². The molecule has 0 saturated carbocycles. The summed E-state index contributed by atoms with van der Waals surface area (Å²) in [5.74, 6) is -0.526. The third-order valence-corrected chi connectivity index (χ3v) is 2.14. The van der Waals surface area contributed by atoms with Gasteiger partial charge >= 0.3 is 0 Å². The van der Waals surface area contributed by atoms with Crippen LogP contribution in [0, 0.1) is 0 Å². The fraction of sp³-hybridized carbons (Fsp3) is 0.750. The Morgan fingerprint density at radius 2 is 2.29 bits per heavy atom. The van der Waals surface area contributed by atoms with Gasteiger partial charge in [0.25, 0.3) is 0 Å². The van der Waals surface area contributed by atoms with Crippen LogP contribution in [0.4, 0.5) is 0 Å². The zero-order valence-corrected chi connectivity index (χ0v) is 7.90. The minimum Gasteiger partial charge on any atom is -0.391 e. The zero-order valence-electron chi connectivity index (χ0n) is 7.90. The zero-order chi connectivity index (χ0) is 10.6. The molecule has 1 saturated heterocycles. The molecule has 0 aliphatic carbocycles. The Balaban J connectivity index is 2.25. The van der Waals surface area contributed by atoms with Gasteiger partial charge < -0.3 is 21.1 Å². The fourth-order valence-electron chi connectivity index (χ4n) is 1.33. The highest BCUT2D eigenvalue weighted by Crippen LogP contribution is 2.07. The van der Waals surface area contributed by atoms with Crippen molar-refractivity contribution in [1.82, 2.24) is 10.2 Å². The van der Waals surface area contributed by atoms with Crippen molar-refractivity contribution in [3.63, 3.8) is 0 Å². The summed E-state index contributed by atoms with van der Waals surface area (Å²) < 4.78 is 0. The lowest BCUT2D eigenvalue weighted by atomic mass is 10.3. The number of rotatable bonds is 3. The molecule has 4 N–H and O–H groups in total. The van der Waals surface area contributed by atoms with E-state index in [0.29, 0.717) is 19.5 Å². The van der Waals surface area contributed by atoms with E-state index in [1.54, 1.807) is 0 Å². The molecule has 1 heterocycles. The molecule has 80 valence electrons. The van der Waals surface area contributed by atoms with E-state index in [9.17, 15) is 14.7 Å². The highest BCUT2D eigenvalue weighted by molar-refractivity contribution is 5.85. The molecule has 14 heavy (non-hydrogen) atoms. The van der Waals surface area contributed by atoms with E-state index >= 15 is 0 Å². The summed E-state index contributed by atoms with van der Waals surface area (Å²) in [7, 11) is 0. The quantitative estimate of drug-likeness (QED) is 0.476. The number of amides is 2. The number of β-amino-alcohol motifs (C(OH)–C–C–N with tert-alkyl or cyclic N) is 1. The number of nitrogens with zero attached hydrogens (tertiary/aromatic N) is 1. The van der Waals surface area contributed by atoms with Crippen LogP contribution < -0.4 is 11.1 Å². The average Bonchev–Trinajstić information content (AvgIpc) is 2.60. The van der Waals surface area contributed by atoms with Gasteiger partial charge in [0.15, 0.2) is 0 Å². The van der Waals surface area contributed by atoms with Gasteiger partial charge in [0.1, 0.15) is 0 Å². The van der Waals surface area contributed by atoms with Gasteiger partial charge in [-0.1, -0.05) is 0 Å². The maximum Gasteiger partial charge on any atom is 0.242 e. The van der Waals surface area contributed by atoms with Gasteiger partial charge in [-0.05, 0) is 6.42 Å². The molecule has 0 aromatic rings. The molecule has 1 rings (SSSR count). The summed E-state index contributed by atoms with van der Waals surface area (Å²) in [4.78, 5) is 23.6. The molecule has 0 spiro atoms. The molecule has 1 aliphatic rings. The topological polar surface area (TPSA) is 95.7 Å². The van der Waals surface area contributed by atoms with Gasteiger partial charge in [-0.25, -0.2) is 0 Å². The summed E-state index contributed by atoms with van der Waals surface area (Å²) in [6.07, 6.45) is 0.181. The third kappa shape index (κ3) is 2.97. The lowest BCUT2D eigenvalue weighted by molar-refractivity contribution is -0.132. The maximum atomic E-state index is 11.4. The summed E-state index contributed by atoms with van der Waals surface area (Å²) in [6, 6.07) is 0. The molecule has 2 amide bonds. The molecule has 1 atom stereocenters. The van der Waals surface area contributed by atoms with Crippen molar-refractivity contribution in [3.8, 4) is 0 Å². The van der Waals surface area contributed by atoms with E-state index in [2.05, 4.69) is 5.32 Å². The van der Waals surface area contributed by atoms with E-state index in [4.69, 9.17) is 5.73 Å². The number of hydrogen-bond donors (Lipinski definition) is 3. The highest BCUT2D eigenvalue weighted by Gasteiger charge is 2.24. The van der Waals surface area contributed by atoms with Crippen molar-refractivity contribution in [3.05, 3.63) is 0 Å². The van der Waals surface area contributed by atoms with Gasteiger partial charge in [0.05, 0.1) is 19.2 Å². The smallest absolute Gasteiger partial charge is 0.242 e. The fourth-order valence-corrected chi connectivity index (χ4v) is 1.33. The first-order valence-corrected chi connectivity index (χ1v) is 4.56. The predicted octanol–water partition coefficient (Wildman–Crippen LogP) is -2.35. The van der Waals surface area contributed by atoms with Gasteiger partial charge in [-0.2, -0.15) is 0 Å². The van der Waals surface area contributed by atoms with Gasteiger partial charge in [0.2, 0.25) is 11.8 Å². The molecule has 0 bridgehead atoms. The number of carbonyl (C=O) groups is 2. The first kappa shape index (κ1) is 10.9. The van der Waals surface area contributed by atoms with Crippen LogP contribution in [0.15, 0.2) is 0 Å². The second-order valence-corrected chi connectivity index (χ2v) is 3.26. The summed E-state index contributed by atoms with van der Waals surface area (Å²) in [5, 5.41) is 11.6. The Bertz CT molecular complexity index is 232. The Kier molecular flexibility index (Phi) is 3.84. The summed E-state index contributed by atoms with van der Waals surface area (Å²) in [5.41, 5.74) is 5.06. The number of nitrogens with one attached hydrogen (secondary N) is 1. The molecule has 6 heteroatoms. The lowest BCUT2D eigenvalue weighted by Gasteiger charge is -2.15. The number of aliphatic hydroxyl groups is 1. The second-order valence-electron chi connectivity index (χ2n) is 3.26. The van der Waals surface area contributed by atoms with E-state index in [1.165, 1.54) is 4.90 Å². The second kappa shape index (κ2) is 4.92. The minimum atomic E-state index is -0.427. The Labute approximate surface area is 82.1 Å². The first-order valence-electron chi connectivity index (χ1n) is 4.56. The van der Waals surface area contributed by atoms with E-state index in [0.717, 1.165) is 0 Å². The minimum absolute atomic E-state index is 0.0389. The van der Waals surface area contributed by atoms with Crippen molar-refractivity contribution in [1.29, 1.82) is 0 Å². The molecule has 1 unspecified atom stereocenters. The molecule has 1 fully saturated rings. The predicted molar refractivity (Wildman–Crippen MR) is 49.3 cm³/mol. The number of likely N-dealkylation sites (tertiary alicyclic amines) is 1. The Hall–Kier alpha value is -1.14. The molecule has 0 radical (unpaired) electrons. The third-order valence-electron chi connectivity index (χ3n) is 2.14. The molecule has 0 aromatic heterocycles. The highest BCUT2D eigenvalue weighted by atomic mass is 16.3. The van der Waals surface area contributed by atoms with Crippen LogP contribution in [-0.4, -0.2) is 54.1 Å². The van der Waals surface area contributed by atoms with Crippen LogP contribution in [0.25, 0.3) is 0 Å². The van der Waals surface area contributed by atoms with Crippen LogP contribution in [-0.2, 0) is 9.59 Å². The SMILES string of the molecule is NCC(=O)NCC(=O)N1CCC(O)C1. The number of hydrogen-bond acceptors (Lipinski definition) is 4. The van der Waals surface area contributed by atoms with Gasteiger partial charge in [-0.15, -0.1) is 0 Å². The normalized spacial score (nSPS) is 21.0. The van der Waals surface area contributed by atoms with Crippen molar-refractivity contribution in [2.75, 3.05) is 26.2 Å². The Morgan fingerprint density at radius 3 is 2.79 bits per heavy atom. The van der Waals surface area contributed by atoms with Gasteiger partial charge in [0, 0.05) is 13.1 Å². The number of aliphatic hydroxyl groups excluding tert-OH is 1. The average molecular weight is 201 g/mol. The molecular formula is C8H15N3O3. The molecule has 0 aromatic carbocycles. The standard InChI is InChI=1S/C8H15N3O3/c9-3-7(13)10-4-8(14)11-2-1-6(12)5-11/h6,12H,1-5,9H2,(H,10,13). The van der Waals surface area contributed by atoms with Crippen molar-refractivity contribution in [2.24, 2.45) is 5.73 Å². The van der Waals surface area contributed by atoms with E-state index in [-0.39, 0.29) is 24.9 Å². The number of nitrogens with two attached hydrogens (primary N) is 1. The first-order chi connectivity index (χ1) is 6.63. The molecule has 6 nitrogen and oxygen atoms in total. The van der Waals surface area contributed by atoms with Crippen molar-refractivity contribution >= 4 is 11.8 Å². The summed E-state index contributed by atoms with van der Waals surface area (Å²) in [6.45, 7) is 0.758. The maximum absolute atomic E-state index is 11.4. The lowest BCUT2D eigenvalue weighted by Crippen LogP contribution is -2.41. The van der Waals surface area contributed by atoms with Crippen LogP contribution in [0.3, 0.4) is 0 Å². The van der Waals surface area contributed by atoms with Crippen LogP contribution in [0.5, 0.6) is 0 Å². The monoisotopic (exact) mass is 201 g/mol. The van der Waals surface area contributed by atoms with Crippen molar-refractivity contribution in [2.45, 2.75) is 12.5 Å². The number of carbonyl (C=O) groups excluding carboxylic acids is 2. The van der Waals surface area contributed by atoms with Crippen molar-refractivity contribution < 1.29 is 14.7 Å². The van der Waals surface area contributed by atoms with Crippen LogP contribution >= 0.6 is 0 Å². The van der Waals surface area contributed by atoms with Crippen LogP contribution in [0.2, 0.25) is 0 Å². The van der Waals surface area contributed by atoms with E-state index < -0.39 is 6.10 Å².